The fourth-order valence-electron chi connectivity index (χ4n) is 1.68. The van der Waals surface area contributed by atoms with Crippen LogP contribution in [0.1, 0.15) is 32.6 Å². The van der Waals surface area contributed by atoms with Gasteiger partial charge in [0.25, 0.3) is 0 Å². The van der Waals surface area contributed by atoms with Gasteiger partial charge in [0.05, 0.1) is 6.04 Å². The zero-order valence-electron chi connectivity index (χ0n) is 10.5. The van der Waals surface area contributed by atoms with Crippen molar-refractivity contribution in [2.75, 3.05) is 18.6 Å². The first-order chi connectivity index (χ1) is 7.69. The Morgan fingerprint density at radius 1 is 1.44 bits per heavy atom. The Kier molecular flexibility index (Phi) is 5.76. The summed E-state index contributed by atoms with van der Waals surface area (Å²) < 4.78 is 1.91. The van der Waals surface area contributed by atoms with Crippen LogP contribution in [-0.2, 0) is 6.54 Å². The zero-order chi connectivity index (χ0) is 12.0. The lowest BCUT2D eigenvalue weighted by atomic mass is 10.2. The minimum atomic E-state index is 0.210. The Bertz CT molecular complexity index is 301. The second-order valence-corrected chi connectivity index (χ2v) is 4.97. The summed E-state index contributed by atoms with van der Waals surface area (Å²) in [6.45, 7) is 8.21. The summed E-state index contributed by atoms with van der Waals surface area (Å²) in [6.07, 6.45) is 2.12. The first-order valence-electron chi connectivity index (χ1n) is 5.67. The second kappa shape index (κ2) is 6.85. The van der Waals surface area contributed by atoms with Gasteiger partial charge in [-0.3, -0.25) is 0 Å². The number of thioether (sulfide) groups is 1. The number of nitrogens with one attached hydrogen (secondary N) is 1. The van der Waals surface area contributed by atoms with Crippen LogP contribution >= 0.6 is 11.8 Å². The van der Waals surface area contributed by atoms with Crippen molar-refractivity contribution in [3.05, 3.63) is 5.82 Å². The highest BCUT2D eigenvalue weighted by atomic mass is 32.2. The topological polar surface area (TPSA) is 55.6 Å². The Morgan fingerprint density at radius 2 is 2.19 bits per heavy atom. The lowest BCUT2D eigenvalue weighted by molar-refractivity contribution is 0.437. The molecular formula is C10H21N5S. The Balaban J connectivity index is 2.62. The van der Waals surface area contributed by atoms with E-state index in [0.717, 1.165) is 24.7 Å². The van der Waals surface area contributed by atoms with Crippen molar-refractivity contribution < 1.29 is 0 Å². The molecule has 0 aliphatic heterocycles. The quantitative estimate of drug-likeness (QED) is 0.783. The van der Waals surface area contributed by atoms with Crippen molar-refractivity contribution in [1.29, 1.82) is 0 Å². The van der Waals surface area contributed by atoms with E-state index in [1.807, 2.05) is 16.4 Å². The molecule has 16 heavy (non-hydrogen) atoms. The summed E-state index contributed by atoms with van der Waals surface area (Å²) in [6, 6.07) is 0.210. The van der Waals surface area contributed by atoms with Crippen molar-refractivity contribution in [2.45, 2.75) is 33.4 Å². The van der Waals surface area contributed by atoms with Gasteiger partial charge in [0.1, 0.15) is 0 Å². The molecule has 1 aromatic rings. The van der Waals surface area contributed by atoms with E-state index in [-0.39, 0.29) is 6.04 Å². The number of aromatic nitrogens is 4. The zero-order valence-corrected chi connectivity index (χ0v) is 11.3. The van der Waals surface area contributed by atoms with E-state index in [9.17, 15) is 0 Å². The standard InChI is InChI=1S/C10H21N5S/c1-5-11-9(3)10-12-13-14-15(10)6-8(2)7-16-4/h8-9,11H,5-7H2,1-4H3. The summed E-state index contributed by atoms with van der Waals surface area (Å²) >= 11 is 1.86. The van der Waals surface area contributed by atoms with Gasteiger partial charge in [0.2, 0.25) is 0 Å². The fraction of sp³-hybridized carbons (Fsp3) is 0.900. The van der Waals surface area contributed by atoms with Gasteiger partial charge in [-0.2, -0.15) is 11.8 Å². The van der Waals surface area contributed by atoms with Gasteiger partial charge in [-0.05, 0) is 41.8 Å². The molecule has 1 rings (SSSR count). The molecule has 2 atom stereocenters. The van der Waals surface area contributed by atoms with Crippen molar-refractivity contribution in [3.63, 3.8) is 0 Å². The predicted molar refractivity (Wildman–Crippen MR) is 67.5 cm³/mol. The first-order valence-corrected chi connectivity index (χ1v) is 7.06. The lowest BCUT2D eigenvalue weighted by Gasteiger charge is -2.14. The van der Waals surface area contributed by atoms with E-state index >= 15 is 0 Å². The van der Waals surface area contributed by atoms with Crippen LogP contribution in [0.4, 0.5) is 0 Å². The molecule has 0 fully saturated rings. The summed E-state index contributed by atoms with van der Waals surface area (Å²) in [5.74, 6) is 2.65. The number of hydrogen-bond acceptors (Lipinski definition) is 5. The average molecular weight is 243 g/mol. The van der Waals surface area contributed by atoms with Gasteiger partial charge in [-0.25, -0.2) is 4.68 Å². The number of hydrogen-bond donors (Lipinski definition) is 1. The highest BCUT2D eigenvalue weighted by Gasteiger charge is 2.14. The number of tetrazole rings is 1. The molecule has 1 heterocycles. The van der Waals surface area contributed by atoms with Crippen molar-refractivity contribution in [1.82, 2.24) is 25.5 Å². The van der Waals surface area contributed by atoms with E-state index in [1.54, 1.807) is 0 Å². The molecular weight excluding hydrogens is 222 g/mol. The third kappa shape index (κ3) is 3.75. The molecule has 0 saturated carbocycles. The first kappa shape index (κ1) is 13.4. The molecule has 0 aromatic carbocycles. The third-order valence-corrected chi connectivity index (χ3v) is 3.30. The summed E-state index contributed by atoms with van der Waals surface area (Å²) in [4.78, 5) is 0. The smallest absolute Gasteiger partial charge is 0.167 e. The van der Waals surface area contributed by atoms with Crippen LogP contribution < -0.4 is 5.32 Å². The van der Waals surface area contributed by atoms with Crippen LogP contribution in [0.15, 0.2) is 0 Å². The molecule has 1 aromatic heterocycles. The molecule has 0 amide bonds. The van der Waals surface area contributed by atoms with Gasteiger partial charge in [0.15, 0.2) is 5.82 Å². The molecule has 0 saturated heterocycles. The molecule has 6 heteroatoms. The van der Waals surface area contributed by atoms with Gasteiger partial charge in [-0.1, -0.05) is 13.8 Å². The molecule has 5 nitrogen and oxygen atoms in total. The third-order valence-electron chi connectivity index (χ3n) is 2.39. The molecule has 0 spiro atoms. The van der Waals surface area contributed by atoms with E-state index in [2.05, 4.69) is 47.9 Å². The van der Waals surface area contributed by atoms with Gasteiger partial charge in [0, 0.05) is 6.54 Å². The van der Waals surface area contributed by atoms with Crippen LogP contribution in [-0.4, -0.2) is 38.8 Å². The SMILES string of the molecule is CCNC(C)c1nnnn1CC(C)CSC. The van der Waals surface area contributed by atoms with Crippen LogP contribution in [0.2, 0.25) is 0 Å². The summed E-state index contributed by atoms with van der Waals surface area (Å²) in [5, 5.41) is 15.2. The molecule has 0 radical (unpaired) electrons. The minimum absolute atomic E-state index is 0.210. The van der Waals surface area contributed by atoms with Gasteiger partial charge >= 0.3 is 0 Å². The molecule has 0 bridgehead atoms. The second-order valence-electron chi connectivity index (χ2n) is 4.06. The Labute approximate surface area is 101 Å². The van der Waals surface area contributed by atoms with Crippen LogP contribution in [0, 0.1) is 5.92 Å². The Hall–Kier alpha value is -0.620. The molecule has 2 unspecified atom stereocenters. The maximum absolute atomic E-state index is 4.08. The van der Waals surface area contributed by atoms with Gasteiger partial charge in [-0.15, -0.1) is 5.10 Å². The van der Waals surface area contributed by atoms with Crippen molar-refractivity contribution in [2.24, 2.45) is 5.92 Å². The average Bonchev–Trinajstić information content (AvgIpc) is 2.66. The predicted octanol–water partition coefficient (Wildman–Crippen LogP) is 1.34. The Morgan fingerprint density at radius 3 is 2.81 bits per heavy atom. The van der Waals surface area contributed by atoms with E-state index in [4.69, 9.17) is 0 Å². The number of rotatable bonds is 7. The summed E-state index contributed by atoms with van der Waals surface area (Å²) in [5.41, 5.74) is 0. The molecule has 0 aliphatic carbocycles. The highest BCUT2D eigenvalue weighted by Crippen LogP contribution is 2.11. The number of nitrogens with zero attached hydrogens (tertiary/aromatic N) is 4. The van der Waals surface area contributed by atoms with Crippen molar-refractivity contribution >= 4 is 11.8 Å². The largest absolute Gasteiger partial charge is 0.308 e. The lowest BCUT2D eigenvalue weighted by Crippen LogP contribution is -2.23. The maximum atomic E-state index is 4.08. The molecule has 0 aliphatic rings. The summed E-state index contributed by atoms with van der Waals surface area (Å²) in [7, 11) is 0. The van der Waals surface area contributed by atoms with E-state index < -0.39 is 0 Å². The van der Waals surface area contributed by atoms with Crippen LogP contribution in [0.25, 0.3) is 0 Å². The van der Waals surface area contributed by atoms with Crippen molar-refractivity contribution in [3.8, 4) is 0 Å². The van der Waals surface area contributed by atoms with E-state index in [1.165, 1.54) is 0 Å². The maximum Gasteiger partial charge on any atom is 0.167 e. The van der Waals surface area contributed by atoms with Crippen LogP contribution in [0.5, 0.6) is 0 Å². The molecule has 1 N–H and O–H groups in total. The van der Waals surface area contributed by atoms with Crippen LogP contribution in [0.3, 0.4) is 0 Å². The highest BCUT2D eigenvalue weighted by molar-refractivity contribution is 7.98. The monoisotopic (exact) mass is 243 g/mol. The molecule has 92 valence electrons. The van der Waals surface area contributed by atoms with Gasteiger partial charge < -0.3 is 5.32 Å². The normalized spacial score (nSPS) is 15.0. The fourth-order valence-corrected chi connectivity index (χ4v) is 2.36. The van der Waals surface area contributed by atoms with E-state index in [0.29, 0.717) is 5.92 Å². The minimum Gasteiger partial charge on any atom is -0.308 e.